The van der Waals surface area contributed by atoms with Gasteiger partial charge in [0.15, 0.2) is 11.6 Å². The number of aldehydes is 1. The van der Waals surface area contributed by atoms with E-state index in [9.17, 15) is 9.18 Å². The number of hydrogen-bond acceptors (Lipinski definition) is 2. The van der Waals surface area contributed by atoms with Gasteiger partial charge in [-0.3, -0.25) is 4.79 Å². The van der Waals surface area contributed by atoms with Crippen molar-refractivity contribution in [3.63, 3.8) is 0 Å². The van der Waals surface area contributed by atoms with Crippen molar-refractivity contribution in [1.82, 2.24) is 0 Å². The Balaban J connectivity index is 3.06. The minimum atomic E-state index is -0.513. The molecule has 1 aromatic rings. The van der Waals surface area contributed by atoms with Gasteiger partial charge in [-0.1, -0.05) is 6.58 Å². The normalized spacial score (nSPS) is 9.08. The summed E-state index contributed by atoms with van der Waals surface area (Å²) < 4.78 is 17.5. The summed E-state index contributed by atoms with van der Waals surface area (Å²) in [4.78, 5) is 10.3. The van der Waals surface area contributed by atoms with Gasteiger partial charge in [-0.15, -0.1) is 0 Å². The molecule has 1 aromatic carbocycles. The fourth-order valence-corrected chi connectivity index (χ4v) is 0.773. The third kappa shape index (κ3) is 1.69. The highest BCUT2D eigenvalue weighted by atomic mass is 19.1. The number of carbonyl (C=O) groups excluding carboxylic acids is 1. The average Bonchev–Trinajstić information content (AvgIpc) is 2.09. The second-order valence-corrected chi connectivity index (χ2v) is 2.09. The Kier molecular flexibility index (Phi) is 2.58. The summed E-state index contributed by atoms with van der Waals surface area (Å²) in [6, 6.07) is 3.85. The smallest absolute Gasteiger partial charge is 0.165 e. The first kappa shape index (κ1) is 8.46. The van der Waals surface area contributed by atoms with Gasteiger partial charge in [-0.05, 0) is 18.2 Å². The fourth-order valence-electron chi connectivity index (χ4n) is 0.773. The quantitative estimate of drug-likeness (QED) is 0.508. The Bertz CT molecular complexity index is 307. The van der Waals surface area contributed by atoms with Crippen molar-refractivity contribution in [3.8, 4) is 5.75 Å². The van der Waals surface area contributed by atoms with Crippen molar-refractivity contribution in [2.75, 3.05) is 0 Å². The van der Waals surface area contributed by atoms with Crippen molar-refractivity contribution >= 4 is 6.29 Å². The van der Waals surface area contributed by atoms with Crippen LogP contribution in [0.15, 0.2) is 31.0 Å². The predicted octanol–water partition coefficient (Wildman–Crippen LogP) is 2.16. The summed E-state index contributed by atoms with van der Waals surface area (Å²) in [6.07, 6.45) is 1.72. The molecule has 0 amide bonds. The van der Waals surface area contributed by atoms with Crippen molar-refractivity contribution in [2.24, 2.45) is 0 Å². The van der Waals surface area contributed by atoms with Gasteiger partial charge in [-0.2, -0.15) is 0 Å². The van der Waals surface area contributed by atoms with E-state index in [1.165, 1.54) is 18.2 Å². The van der Waals surface area contributed by atoms with E-state index in [1.807, 2.05) is 0 Å². The molecule has 0 aliphatic rings. The molecule has 3 heteroatoms. The zero-order chi connectivity index (χ0) is 8.97. The molecule has 0 heterocycles. The van der Waals surface area contributed by atoms with Crippen LogP contribution >= 0.6 is 0 Å². The van der Waals surface area contributed by atoms with E-state index in [4.69, 9.17) is 4.74 Å². The van der Waals surface area contributed by atoms with Crippen molar-refractivity contribution in [3.05, 3.63) is 42.4 Å². The largest absolute Gasteiger partial charge is 0.463 e. The zero-order valence-electron chi connectivity index (χ0n) is 6.29. The molecule has 0 fully saturated rings. The van der Waals surface area contributed by atoms with Gasteiger partial charge in [0, 0.05) is 5.56 Å². The summed E-state index contributed by atoms with van der Waals surface area (Å²) in [6.45, 7) is 3.28. The molecule has 0 unspecified atom stereocenters. The van der Waals surface area contributed by atoms with E-state index in [2.05, 4.69) is 6.58 Å². The standard InChI is InChI=1S/C9H7FO2/c1-2-12-9-5-7(6-11)3-4-8(9)10/h2-6H,1H2. The first-order valence-corrected chi connectivity index (χ1v) is 3.30. The van der Waals surface area contributed by atoms with E-state index < -0.39 is 5.82 Å². The molecular formula is C9H7FO2. The summed E-state index contributed by atoms with van der Waals surface area (Å²) in [7, 11) is 0. The van der Waals surface area contributed by atoms with Crippen LogP contribution in [0.5, 0.6) is 5.75 Å². The molecule has 0 saturated heterocycles. The number of rotatable bonds is 3. The molecule has 0 bridgehead atoms. The van der Waals surface area contributed by atoms with E-state index in [0.29, 0.717) is 11.8 Å². The molecule has 0 spiro atoms. The summed E-state index contributed by atoms with van der Waals surface area (Å²) in [5.74, 6) is -0.505. The molecule has 2 nitrogen and oxygen atoms in total. The summed E-state index contributed by atoms with van der Waals surface area (Å²) >= 11 is 0. The van der Waals surface area contributed by atoms with Gasteiger partial charge in [-0.25, -0.2) is 4.39 Å². The molecular weight excluding hydrogens is 159 g/mol. The van der Waals surface area contributed by atoms with Crippen LogP contribution in [0.1, 0.15) is 10.4 Å². The van der Waals surface area contributed by atoms with Crippen LogP contribution in [0.3, 0.4) is 0 Å². The van der Waals surface area contributed by atoms with Gasteiger partial charge >= 0.3 is 0 Å². The monoisotopic (exact) mass is 166 g/mol. The third-order valence-corrected chi connectivity index (χ3v) is 1.30. The molecule has 0 aromatic heterocycles. The Morgan fingerprint density at radius 1 is 1.50 bits per heavy atom. The number of benzene rings is 1. The minimum Gasteiger partial charge on any atom is -0.463 e. The number of ether oxygens (including phenoxy) is 1. The topological polar surface area (TPSA) is 26.3 Å². The minimum absolute atomic E-state index is 0.00889. The van der Waals surface area contributed by atoms with E-state index in [1.54, 1.807) is 0 Å². The van der Waals surface area contributed by atoms with Crippen LogP contribution in [0.2, 0.25) is 0 Å². The van der Waals surface area contributed by atoms with Gasteiger partial charge in [0.1, 0.15) is 6.29 Å². The first-order chi connectivity index (χ1) is 5.77. The van der Waals surface area contributed by atoms with Crippen LogP contribution in [0.4, 0.5) is 4.39 Å². The van der Waals surface area contributed by atoms with Gasteiger partial charge < -0.3 is 4.74 Å². The van der Waals surface area contributed by atoms with Crippen LogP contribution in [0.25, 0.3) is 0 Å². The maximum absolute atomic E-state index is 12.8. The lowest BCUT2D eigenvalue weighted by Gasteiger charge is -2.00. The van der Waals surface area contributed by atoms with Crippen LogP contribution in [0, 0.1) is 5.82 Å². The Hall–Kier alpha value is -1.64. The van der Waals surface area contributed by atoms with Crippen molar-refractivity contribution < 1.29 is 13.9 Å². The SMILES string of the molecule is C=COc1cc(C=O)ccc1F. The second kappa shape index (κ2) is 3.67. The maximum atomic E-state index is 12.8. The second-order valence-electron chi connectivity index (χ2n) is 2.09. The van der Waals surface area contributed by atoms with Crippen LogP contribution < -0.4 is 4.74 Å². The van der Waals surface area contributed by atoms with Gasteiger partial charge in [0.05, 0.1) is 6.26 Å². The number of carbonyl (C=O) groups is 1. The lowest BCUT2D eigenvalue weighted by Crippen LogP contribution is -1.88. The highest BCUT2D eigenvalue weighted by Gasteiger charge is 2.02. The average molecular weight is 166 g/mol. The first-order valence-electron chi connectivity index (χ1n) is 3.30. The van der Waals surface area contributed by atoms with E-state index >= 15 is 0 Å². The van der Waals surface area contributed by atoms with Crippen LogP contribution in [-0.4, -0.2) is 6.29 Å². The molecule has 0 aliphatic carbocycles. The Morgan fingerprint density at radius 2 is 2.25 bits per heavy atom. The summed E-state index contributed by atoms with van der Waals surface area (Å²) in [5.41, 5.74) is 0.369. The van der Waals surface area contributed by atoms with E-state index in [-0.39, 0.29) is 5.75 Å². The third-order valence-electron chi connectivity index (χ3n) is 1.30. The number of hydrogen-bond donors (Lipinski definition) is 0. The predicted molar refractivity (Wildman–Crippen MR) is 42.6 cm³/mol. The molecule has 0 saturated carbocycles. The Labute approximate surface area is 69.3 Å². The molecule has 0 atom stereocenters. The molecule has 0 aliphatic heterocycles. The Morgan fingerprint density at radius 3 is 2.83 bits per heavy atom. The highest BCUT2D eigenvalue weighted by Crippen LogP contribution is 2.17. The molecule has 12 heavy (non-hydrogen) atoms. The van der Waals surface area contributed by atoms with E-state index in [0.717, 1.165) is 6.26 Å². The fraction of sp³-hybridized carbons (Fsp3) is 0. The van der Waals surface area contributed by atoms with Crippen molar-refractivity contribution in [2.45, 2.75) is 0 Å². The van der Waals surface area contributed by atoms with Gasteiger partial charge in [0.2, 0.25) is 0 Å². The van der Waals surface area contributed by atoms with Crippen molar-refractivity contribution in [1.29, 1.82) is 0 Å². The zero-order valence-corrected chi connectivity index (χ0v) is 6.29. The maximum Gasteiger partial charge on any atom is 0.165 e. The lowest BCUT2D eigenvalue weighted by molar-refractivity contribution is 0.112. The van der Waals surface area contributed by atoms with Gasteiger partial charge in [0.25, 0.3) is 0 Å². The number of halogens is 1. The molecule has 62 valence electrons. The summed E-state index contributed by atoms with van der Waals surface area (Å²) in [5, 5.41) is 0. The molecule has 0 N–H and O–H groups in total. The van der Waals surface area contributed by atoms with Crippen LogP contribution in [-0.2, 0) is 0 Å². The lowest BCUT2D eigenvalue weighted by atomic mass is 10.2. The highest BCUT2D eigenvalue weighted by molar-refractivity contribution is 5.75. The molecule has 1 rings (SSSR count). The molecule has 0 radical (unpaired) electrons.